The number of sulfonamides is 1. The van der Waals surface area contributed by atoms with Gasteiger partial charge < -0.3 is 0 Å². The largest absolute Gasteiger partial charge is 0.278 e. The molecule has 0 saturated carbocycles. The second-order valence-corrected chi connectivity index (χ2v) is 9.18. The summed E-state index contributed by atoms with van der Waals surface area (Å²) in [6.45, 7) is 1.79. The predicted molar refractivity (Wildman–Crippen MR) is 88.4 cm³/mol. The van der Waals surface area contributed by atoms with E-state index in [1.54, 1.807) is 13.0 Å². The number of thiophene rings is 1. The first-order valence-electron chi connectivity index (χ1n) is 5.43. The van der Waals surface area contributed by atoms with Crippen LogP contribution in [-0.4, -0.2) is 13.3 Å². The van der Waals surface area contributed by atoms with Gasteiger partial charge in [0.2, 0.25) is 0 Å². The Balaban J connectivity index is 2.35. The number of nitro benzene ring substituents is 1. The highest BCUT2D eigenvalue weighted by Gasteiger charge is 2.20. The van der Waals surface area contributed by atoms with Crippen molar-refractivity contribution in [1.82, 2.24) is 0 Å². The van der Waals surface area contributed by atoms with Crippen molar-refractivity contribution in [3.63, 3.8) is 0 Å². The van der Waals surface area contributed by atoms with Crippen molar-refractivity contribution in [2.75, 3.05) is 4.72 Å². The Kier molecular flexibility index (Phi) is 4.71. The Morgan fingerprint density at radius 1 is 1.29 bits per heavy atom. The van der Waals surface area contributed by atoms with Gasteiger partial charge in [-0.1, -0.05) is 0 Å². The van der Waals surface area contributed by atoms with Gasteiger partial charge in [-0.2, -0.15) is 0 Å². The summed E-state index contributed by atoms with van der Waals surface area (Å²) in [4.78, 5) is 10.1. The monoisotopic (exact) mass is 454 g/mol. The van der Waals surface area contributed by atoms with Crippen LogP contribution >= 0.6 is 43.2 Å². The summed E-state index contributed by atoms with van der Waals surface area (Å²) in [6.07, 6.45) is 0. The first-order chi connectivity index (χ1) is 9.70. The van der Waals surface area contributed by atoms with E-state index < -0.39 is 14.9 Å². The van der Waals surface area contributed by atoms with Crippen LogP contribution in [0.25, 0.3) is 0 Å². The highest BCUT2D eigenvalue weighted by Crippen LogP contribution is 2.33. The number of aryl methyl sites for hydroxylation is 1. The van der Waals surface area contributed by atoms with E-state index in [-0.39, 0.29) is 15.6 Å². The van der Waals surface area contributed by atoms with Gasteiger partial charge in [0.1, 0.15) is 4.21 Å². The van der Waals surface area contributed by atoms with Gasteiger partial charge in [0, 0.05) is 16.6 Å². The molecule has 112 valence electrons. The summed E-state index contributed by atoms with van der Waals surface area (Å²) in [5, 5.41) is 10.7. The summed E-state index contributed by atoms with van der Waals surface area (Å²) in [5.74, 6) is 0. The minimum Gasteiger partial charge on any atom is -0.278 e. The fourth-order valence-corrected chi connectivity index (χ4v) is 5.36. The molecule has 0 aliphatic carbocycles. The molecule has 6 nitrogen and oxygen atoms in total. The molecule has 0 amide bonds. The molecular formula is C11H8Br2N2O4S2. The number of nitrogens with one attached hydrogen (secondary N) is 1. The molecule has 0 fully saturated rings. The van der Waals surface area contributed by atoms with Crippen molar-refractivity contribution >= 4 is 64.6 Å². The lowest BCUT2D eigenvalue weighted by Crippen LogP contribution is -2.11. The number of rotatable bonds is 4. The van der Waals surface area contributed by atoms with Crippen LogP contribution in [-0.2, 0) is 10.0 Å². The Hall–Kier alpha value is -0.970. The molecule has 0 aliphatic rings. The van der Waals surface area contributed by atoms with Crippen LogP contribution in [0.5, 0.6) is 0 Å². The second kappa shape index (κ2) is 6.03. The van der Waals surface area contributed by atoms with Crippen LogP contribution in [0.1, 0.15) is 5.56 Å². The minimum absolute atomic E-state index is 0.125. The van der Waals surface area contributed by atoms with Crippen molar-refractivity contribution < 1.29 is 13.3 Å². The van der Waals surface area contributed by atoms with Crippen LogP contribution in [0.2, 0.25) is 0 Å². The van der Waals surface area contributed by atoms with Crippen molar-refractivity contribution in [3.05, 3.63) is 48.2 Å². The molecule has 10 heteroatoms. The number of anilines is 1. The van der Waals surface area contributed by atoms with Gasteiger partial charge in [-0.15, -0.1) is 11.3 Å². The number of halogens is 2. The minimum atomic E-state index is -3.73. The Morgan fingerprint density at radius 3 is 2.43 bits per heavy atom. The molecule has 0 aliphatic heterocycles. The summed E-state index contributed by atoms with van der Waals surface area (Å²) in [5.41, 5.74) is 0.936. The van der Waals surface area contributed by atoms with Crippen molar-refractivity contribution in [2.24, 2.45) is 0 Å². The first kappa shape index (κ1) is 16.4. The summed E-state index contributed by atoms with van der Waals surface area (Å²) >= 11 is 7.50. The molecule has 0 radical (unpaired) electrons. The molecule has 1 heterocycles. The molecule has 1 aromatic carbocycles. The SMILES string of the molecule is Cc1cc(S(=O)(=O)Nc2ccc([N+](=O)[O-])cc2Br)sc1Br. The second-order valence-electron chi connectivity index (χ2n) is 4.05. The number of nitrogens with zero attached hydrogens (tertiary/aromatic N) is 1. The molecule has 2 rings (SSSR count). The average molecular weight is 456 g/mol. The molecule has 0 saturated heterocycles. The molecule has 0 atom stereocenters. The van der Waals surface area contributed by atoms with Crippen molar-refractivity contribution in [2.45, 2.75) is 11.1 Å². The molecule has 1 N–H and O–H groups in total. The molecule has 2 aromatic rings. The molecule has 0 unspecified atom stereocenters. The van der Waals surface area contributed by atoms with Gasteiger partial charge >= 0.3 is 0 Å². The van der Waals surface area contributed by atoms with Gasteiger partial charge in [0.25, 0.3) is 15.7 Å². The molecule has 21 heavy (non-hydrogen) atoms. The number of non-ortho nitro benzene ring substituents is 1. The first-order valence-corrected chi connectivity index (χ1v) is 9.32. The van der Waals surface area contributed by atoms with E-state index in [2.05, 4.69) is 36.6 Å². The van der Waals surface area contributed by atoms with Gasteiger partial charge in [-0.3, -0.25) is 14.8 Å². The van der Waals surface area contributed by atoms with Gasteiger partial charge in [0.15, 0.2) is 0 Å². The summed E-state index contributed by atoms with van der Waals surface area (Å²) in [7, 11) is -3.73. The third-order valence-corrected chi connectivity index (χ3v) is 7.14. The van der Waals surface area contributed by atoms with E-state index in [9.17, 15) is 18.5 Å². The van der Waals surface area contributed by atoms with Crippen LogP contribution in [0.15, 0.2) is 36.7 Å². The zero-order valence-corrected chi connectivity index (χ0v) is 15.3. The van der Waals surface area contributed by atoms with E-state index >= 15 is 0 Å². The van der Waals surface area contributed by atoms with E-state index in [4.69, 9.17) is 0 Å². The van der Waals surface area contributed by atoms with E-state index in [1.165, 1.54) is 18.2 Å². The predicted octanol–water partition coefficient (Wildman–Crippen LogP) is 4.29. The van der Waals surface area contributed by atoms with Crippen LogP contribution in [0.3, 0.4) is 0 Å². The summed E-state index contributed by atoms with van der Waals surface area (Å²) < 4.78 is 28.1. The lowest BCUT2D eigenvalue weighted by Gasteiger charge is -2.08. The number of nitro groups is 1. The molecule has 1 aromatic heterocycles. The van der Waals surface area contributed by atoms with Crippen LogP contribution in [0.4, 0.5) is 11.4 Å². The normalized spacial score (nSPS) is 11.4. The van der Waals surface area contributed by atoms with Crippen molar-refractivity contribution in [3.8, 4) is 0 Å². The lowest BCUT2D eigenvalue weighted by molar-refractivity contribution is -0.384. The Bertz CT molecular complexity index is 798. The zero-order valence-electron chi connectivity index (χ0n) is 10.5. The summed E-state index contributed by atoms with van der Waals surface area (Å²) in [6, 6.07) is 5.37. The van der Waals surface area contributed by atoms with Gasteiger partial charge in [-0.05, 0) is 56.5 Å². The van der Waals surface area contributed by atoms with Gasteiger partial charge in [-0.25, -0.2) is 8.42 Å². The number of hydrogen-bond acceptors (Lipinski definition) is 5. The third kappa shape index (κ3) is 3.62. The lowest BCUT2D eigenvalue weighted by atomic mass is 10.3. The highest BCUT2D eigenvalue weighted by atomic mass is 79.9. The van der Waals surface area contributed by atoms with E-state index in [0.29, 0.717) is 4.47 Å². The maximum absolute atomic E-state index is 12.3. The third-order valence-electron chi connectivity index (χ3n) is 2.51. The van der Waals surface area contributed by atoms with Crippen molar-refractivity contribution in [1.29, 1.82) is 0 Å². The quantitative estimate of drug-likeness (QED) is 0.549. The Morgan fingerprint density at radius 2 is 1.95 bits per heavy atom. The van der Waals surface area contributed by atoms with Gasteiger partial charge in [0.05, 0.1) is 14.4 Å². The van der Waals surface area contributed by atoms with Crippen LogP contribution in [0, 0.1) is 17.0 Å². The maximum atomic E-state index is 12.3. The van der Waals surface area contributed by atoms with E-state index in [0.717, 1.165) is 20.7 Å². The average Bonchev–Trinajstić information content (AvgIpc) is 2.72. The fraction of sp³-hybridized carbons (Fsp3) is 0.0909. The number of benzene rings is 1. The highest BCUT2D eigenvalue weighted by molar-refractivity contribution is 9.11. The zero-order chi connectivity index (χ0) is 15.8. The molecular weight excluding hydrogens is 448 g/mol. The molecule has 0 spiro atoms. The van der Waals surface area contributed by atoms with Crippen LogP contribution < -0.4 is 4.72 Å². The topological polar surface area (TPSA) is 89.3 Å². The fourth-order valence-electron chi connectivity index (χ4n) is 1.46. The Labute approximate surface area is 141 Å². The maximum Gasteiger partial charge on any atom is 0.271 e. The standard InChI is InChI=1S/C11H8Br2N2O4S2/c1-6-4-10(20-11(6)13)21(18,19)14-9-3-2-7(15(16)17)5-8(9)12/h2-5,14H,1H3. The molecule has 0 bridgehead atoms. The van der Waals surface area contributed by atoms with E-state index in [1.807, 2.05) is 0 Å². The smallest absolute Gasteiger partial charge is 0.271 e. The number of hydrogen-bond donors (Lipinski definition) is 1.